The number of halogens is 1. The summed E-state index contributed by atoms with van der Waals surface area (Å²) >= 11 is 0. The largest absolute Gasteiger partial charge is 0.465 e. The number of amides is 1. The van der Waals surface area contributed by atoms with Crippen molar-refractivity contribution in [1.29, 1.82) is 0 Å². The number of esters is 1. The van der Waals surface area contributed by atoms with E-state index in [-0.39, 0.29) is 29.6 Å². The van der Waals surface area contributed by atoms with Crippen LogP contribution in [0.1, 0.15) is 30.1 Å². The topological polar surface area (TPSA) is 81.4 Å². The van der Waals surface area contributed by atoms with Gasteiger partial charge in [-0.1, -0.05) is 13.3 Å². The van der Waals surface area contributed by atoms with Crippen LogP contribution in [0.15, 0.2) is 18.2 Å². The zero-order chi connectivity index (χ0) is 15.1. The van der Waals surface area contributed by atoms with Crippen LogP contribution in [0.25, 0.3) is 0 Å². The van der Waals surface area contributed by atoms with E-state index in [1.807, 2.05) is 6.92 Å². The van der Waals surface area contributed by atoms with E-state index in [2.05, 4.69) is 10.1 Å². The molecule has 110 valence electrons. The molecule has 0 radical (unpaired) electrons. The highest BCUT2D eigenvalue weighted by molar-refractivity contribution is 5.95. The Morgan fingerprint density at radius 3 is 2.70 bits per heavy atom. The lowest BCUT2D eigenvalue weighted by atomic mass is 10.0. The minimum atomic E-state index is -0.613. The average molecular weight is 282 g/mol. The van der Waals surface area contributed by atoms with E-state index in [4.69, 9.17) is 5.73 Å². The Bertz CT molecular complexity index is 491. The van der Waals surface area contributed by atoms with E-state index in [0.717, 1.165) is 12.5 Å². The van der Waals surface area contributed by atoms with Gasteiger partial charge < -0.3 is 15.8 Å². The number of nitrogens with two attached hydrogens (primary N) is 1. The van der Waals surface area contributed by atoms with Crippen LogP contribution >= 0.6 is 0 Å². The summed E-state index contributed by atoms with van der Waals surface area (Å²) in [6.07, 6.45) is 1.43. The lowest BCUT2D eigenvalue weighted by Crippen LogP contribution is -2.29. The van der Waals surface area contributed by atoms with Crippen LogP contribution in [0.5, 0.6) is 0 Å². The molecule has 1 amide bonds. The molecule has 1 unspecified atom stereocenters. The highest BCUT2D eigenvalue weighted by Gasteiger charge is 2.18. The molecule has 0 bridgehead atoms. The first-order valence-corrected chi connectivity index (χ1v) is 6.42. The van der Waals surface area contributed by atoms with Gasteiger partial charge in [0.25, 0.3) is 0 Å². The first-order valence-electron chi connectivity index (χ1n) is 6.42. The van der Waals surface area contributed by atoms with Crippen LogP contribution in [-0.2, 0) is 9.53 Å². The van der Waals surface area contributed by atoms with Gasteiger partial charge in [0, 0.05) is 6.54 Å². The van der Waals surface area contributed by atoms with E-state index in [1.54, 1.807) is 0 Å². The van der Waals surface area contributed by atoms with E-state index in [9.17, 15) is 14.0 Å². The molecule has 1 aromatic carbocycles. The summed E-state index contributed by atoms with van der Waals surface area (Å²) in [5, 5.41) is 2.46. The number of hydrogen-bond donors (Lipinski definition) is 2. The molecule has 1 atom stereocenters. The quantitative estimate of drug-likeness (QED) is 0.781. The number of rotatable bonds is 6. The van der Waals surface area contributed by atoms with Gasteiger partial charge in [0.2, 0.25) is 5.91 Å². The summed E-state index contributed by atoms with van der Waals surface area (Å²) < 4.78 is 18.2. The van der Waals surface area contributed by atoms with Gasteiger partial charge in [0.15, 0.2) is 0 Å². The second-order valence-corrected chi connectivity index (χ2v) is 4.40. The van der Waals surface area contributed by atoms with Crippen molar-refractivity contribution in [2.45, 2.75) is 19.8 Å². The van der Waals surface area contributed by atoms with Gasteiger partial charge in [-0.25, -0.2) is 9.18 Å². The van der Waals surface area contributed by atoms with E-state index in [0.29, 0.717) is 6.42 Å². The molecule has 6 heteroatoms. The Morgan fingerprint density at radius 2 is 2.15 bits per heavy atom. The van der Waals surface area contributed by atoms with Gasteiger partial charge in [-0.3, -0.25) is 4.79 Å². The maximum absolute atomic E-state index is 13.7. The third-order valence-electron chi connectivity index (χ3n) is 2.94. The molecule has 0 saturated carbocycles. The smallest absolute Gasteiger partial charge is 0.337 e. The molecular formula is C14H19FN2O3. The van der Waals surface area contributed by atoms with Gasteiger partial charge in [-0.2, -0.15) is 0 Å². The van der Waals surface area contributed by atoms with Crippen molar-refractivity contribution in [3.63, 3.8) is 0 Å². The molecular weight excluding hydrogens is 263 g/mol. The number of anilines is 1. The van der Waals surface area contributed by atoms with Crippen molar-refractivity contribution in [2.75, 3.05) is 19.0 Å². The summed E-state index contributed by atoms with van der Waals surface area (Å²) in [6.45, 7) is 2.13. The molecule has 0 aliphatic heterocycles. The lowest BCUT2D eigenvalue weighted by molar-refractivity contribution is -0.119. The van der Waals surface area contributed by atoms with Gasteiger partial charge in [0.1, 0.15) is 5.82 Å². The summed E-state index contributed by atoms with van der Waals surface area (Å²) in [4.78, 5) is 23.3. The maximum Gasteiger partial charge on any atom is 0.337 e. The van der Waals surface area contributed by atoms with Crippen molar-refractivity contribution in [1.82, 2.24) is 0 Å². The van der Waals surface area contributed by atoms with Crippen molar-refractivity contribution in [2.24, 2.45) is 11.7 Å². The lowest BCUT2D eigenvalue weighted by Gasteiger charge is -2.14. The predicted molar refractivity (Wildman–Crippen MR) is 73.8 cm³/mol. The summed E-state index contributed by atoms with van der Waals surface area (Å²) in [7, 11) is 1.23. The zero-order valence-corrected chi connectivity index (χ0v) is 11.6. The van der Waals surface area contributed by atoms with Crippen LogP contribution in [-0.4, -0.2) is 25.5 Å². The number of carbonyl (C=O) groups is 2. The van der Waals surface area contributed by atoms with Gasteiger partial charge in [0.05, 0.1) is 24.3 Å². The van der Waals surface area contributed by atoms with Crippen molar-refractivity contribution < 1.29 is 18.7 Å². The highest BCUT2D eigenvalue weighted by atomic mass is 19.1. The molecule has 0 fully saturated rings. The Hall–Kier alpha value is -1.95. The molecule has 1 rings (SSSR count). The summed E-state index contributed by atoms with van der Waals surface area (Å²) in [5.41, 5.74) is 5.64. The molecule has 0 aliphatic carbocycles. The fourth-order valence-corrected chi connectivity index (χ4v) is 1.81. The van der Waals surface area contributed by atoms with E-state index >= 15 is 0 Å². The van der Waals surface area contributed by atoms with E-state index < -0.39 is 11.8 Å². The fraction of sp³-hybridized carbons (Fsp3) is 0.429. The van der Waals surface area contributed by atoms with Gasteiger partial charge in [-0.15, -0.1) is 0 Å². The summed E-state index contributed by atoms with van der Waals surface area (Å²) in [6, 6.07) is 3.65. The highest BCUT2D eigenvalue weighted by Crippen LogP contribution is 2.18. The molecule has 5 nitrogen and oxygen atoms in total. The minimum absolute atomic E-state index is 0.0487. The molecule has 0 saturated heterocycles. The van der Waals surface area contributed by atoms with Crippen molar-refractivity contribution >= 4 is 17.6 Å². The van der Waals surface area contributed by atoms with Crippen LogP contribution in [0.3, 0.4) is 0 Å². The first kappa shape index (κ1) is 16.1. The fourth-order valence-electron chi connectivity index (χ4n) is 1.81. The third kappa shape index (κ3) is 4.03. The van der Waals surface area contributed by atoms with Crippen LogP contribution < -0.4 is 11.1 Å². The Morgan fingerprint density at radius 1 is 1.45 bits per heavy atom. The molecule has 0 spiro atoms. The second kappa shape index (κ2) is 7.59. The summed E-state index contributed by atoms with van der Waals surface area (Å²) in [5.74, 6) is -1.93. The molecule has 3 N–H and O–H groups in total. The Labute approximate surface area is 117 Å². The van der Waals surface area contributed by atoms with Crippen LogP contribution in [0.2, 0.25) is 0 Å². The van der Waals surface area contributed by atoms with E-state index in [1.165, 1.54) is 19.2 Å². The molecule has 1 aromatic rings. The monoisotopic (exact) mass is 282 g/mol. The van der Waals surface area contributed by atoms with Crippen molar-refractivity contribution in [3.05, 3.63) is 29.6 Å². The van der Waals surface area contributed by atoms with Crippen molar-refractivity contribution in [3.8, 4) is 0 Å². The van der Waals surface area contributed by atoms with Gasteiger partial charge in [-0.05, 0) is 24.6 Å². The first-order chi connectivity index (χ1) is 9.53. The SMILES string of the molecule is CCCC(CN)C(=O)Nc1cc(C(=O)OC)ccc1F. The molecule has 0 aromatic heterocycles. The number of benzene rings is 1. The normalized spacial score (nSPS) is 11.8. The molecule has 20 heavy (non-hydrogen) atoms. The minimum Gasteiger partial charge on any atom is -0.465 e. The Kier molecular flexibility index (Phi) is 6.11. The molecule has 0 aliphatic rings. The third-order valence-corrected chi connectivity index (χ3v) is 2.94. The number of carbonyl (C=O) groups excluding carboxylic acids is 2. The number of ether oxygens (including phenoxy) is 1. The zero-order valence-electron chi connectivity index (χ0n) is 11.6. The predicted octanol–water partition coefficient (Wildman–Crippen LogP) is 1.93. The number of nitrogens with one attached hydrogen (secondary N) is 1. The Balaban J connectivity index is 2.90. The maximum atomic E-state index is 13.7. The number of hydrogen-bond acceptors (Lipinski definition) is 4. The second-order valence-electron chi connectivity index (χ2n) is 4.40. The average Bonchev–Trinajstić information content (AvgIpc) is 2.45. The van der Waals surface area contributed by atoms with Crippen LogP contribution in [0.4, 0.5) is 10.1 Å². The van der Waals surface area contributed by atoms with Gasteiger partial charge >= 0.3 is 5.97 Å². The number of methoxy groups -OCH3 is 1. The standard InChI is InChI=1S/C14H19FN2O3/c1-3-4-10(8-16)13(18)17-12-7-9(14(19)20-2)5-6-11(12)15/h5-7,10H,3-4,8,16H2,1-2H3,(H,17,18). The van der Waals surface area contributed by atoms with Crippen LogP contribution in [0, 0.1) is 11.7 Å². The molecule has 0 heterocycles.